The van der Waals surface area contributed by atoms with E-state index in [4.69, 9.17) is 9.47 Å². The van der Waals surface area contributed by atoms with Crippen LogP contribution in [0.25, 0.3) is 0 Å². The van der Waals surface area contributed by atoms with Gasteiger partial charge in [0.05, 0.1) is 18.9 Å². The molecule has 1 aromatic carbocycles. The van der Waals surface area contributed by atoms with Gasteiger partial charge in [0.15, 0.2) is 0 Å². The van der Waals surface area contributed by atoms with Crippen molar-refractivity contribution in [3.8, 4) is 11.5 Å². The normalized spacial score (nSPS) is 10.3. The van der Waals surface area contributed by atoms with Gasteiger partial charge in [-0.3, -0.25) is 9.59 Å². The summed E-state index contributed by atoms with van der Waals surface area (Å²) in [7, 11) is 0. The third-order valence-corrected chi connectivity index (χ3v) is 3.57. The van der Waals surface area contributed by atoms with Gasteiger partial charge in [0.1, 0.15) is 18.0 Å². The molecule has 24 heavy (non-hydrogen) atoms. The van der Waals surface area contributed by atoms with E-state index in [0.29, 0.717) is 30.4 Å². The number of hydrogen-bond donors (Lipinski definition) is 1. The van der Waals surface area contributed by atoms with Crippen LogP contribution in [0.4, 0.5) is 5.69 Å². The van der Waals surface area contributed by atoms with Gasteiger partial charge in [-0.1, -0.05) is 0 Å². The van der Waals surface area contributed by atoms with Gasteiger partial charge in [0.2, 0.25) is 5.91 Å². The van der Waals surface area contributed by atoms with Gasteiger partial charge in [-0.15, -0.1) is 0 Å². The van der Waals surface area contributed by atoms with Gasteiger partial charge in [-0.05, 0) is 48.0 Å². The lowest BCUT2D eigenvalue weighted by Gasteiger charge is -2.14. The molecule has 0 bridgehead atoms. The van der Waals surface area contributed by atoms with Crippen LogP contribution >= 0.6 is 15.9 Å². The molecular weight excluding hydrogens is 376 g/mol. The topological polar surface area (TPSA) is 69.6 Å². The molecule has 7 heteroatoms. The molecule has 0 saturated heterocycles. The van der Waals surface area contributed by atoms with Gasteiger partial charge >= 0.3 is 0 Å². The molecule has 0 aliphatic heterocycles. The van der Waals surface area contributed by atoms with Crippen LogP contribution in [0.3, 0.4) is 0 Å². The highest BCUT2D eigenvalue weighted by molar-refractivity contribution is 9.10. The molecule has 0 unspecified atom stereocenters. The van der Waals surface area contributed by atoms with E-state index >= 15 is 0 Å². The van der Waals surface area contributed by atoms with Crippen molar-refractivity contribution in [1.29, 1.82) is 0 Å². The second kappa shape index (κ2) is 8.54. The second-order valence-electron chi connectivity index (χ2n) is 4.89. The average molecular weight is 395 g/mol. The van der Waals surface area contributed by atoms with E-state index in [9.17, 15) is 9.59 Å². The number of rotatable bonds is 7. The molecule has 0 fully saturated rings. The molecule has 0 saturated carbocycles. The highest BCUT2D eigenvalue weighted by Crippen LogP contribution is 2.29. The van der Waals surface area contributed by atoms with Gasteiger partial charge in [0, 0.05) is 22.8 Å². The monoisotopic (exact) mass is 394 g/mol. The van der Waals surface area contributed by atoms with E-state index in [0.717, 1.165) is 4.47 Å². The van der Waals surface area contributed by atoms with Crippen LogP contribution in [-0.2, 0) is 11.3 Å². The van der Waals surface area contributed by atoms with Gasteiger partial charge in [-0.25, -0.2) is 0 Å². The van der Waals surface area contributed by atoms with E-state index < -0.39 is 0 Å². The number of carbonyl (C=O) groups excluding carboxylic acids is 1. The number of benzene rings is 1. The molecule has 1 amide bonds. The fraction of sp³-hybridized carbons (Fsp3) is 0.294. The lowest BCUT2D eigenvalue weighted by Crippen LogP contribution is -2.26. The Labute approximate surface area is 148 Å². The minimum absolute atomic E-state index is 0.0945. The molecule has 128 valence electrons. The molecule has 0 atom stereocenters. The summed E-state index contributed by atoms with van der Waals surface area (Å²) in [5.74, 6) is 0.858. The van der Waals surface area contributed by atoms with Crippen molar-refractivity contribution in [3.63, 3.8) is 0 Å². The molecular formula is C17H19BrN2O4. The molecule has 0 radical (unpaired) electrons. The molecule has 0 spiro atoms. The highest BCUT2D eigenvalue weighted by Gasteiger charge is 2.11. The zero-order valence-corrected chi connectivity index (χ0v) is 15.1. The lowest BCUT2D eigenvalue weighted by atomic mass is 10.2. The zero-order chi connectivity index (χ0) is 17.5. The molecule has 2 aromatic rings. The van der Waals surface area contributed by atoms with E-state index in [1.54, 1.807) is 30.5 Å². The predicted octanol–water partition coefficient (Wildman–Crippen LogP) is 3.05. The number of nitrogens with one attached hydrogen (secondary N) is 1. The Balaban J connectivity index is 2.18. The maximum Gasteiger partial charge on any atom is 0.251 e. The molecule has 1 aromatic heterocycles. The standard InChI is InChI=1S/C17H19BrN2O4/c1-3-23-13-6-7-15(24-4-2)14(9-13)19-16(21)11-20-10-12(18)5-8-17(20)22/h5-10H,3-4,11H2,1-2H3,(H,19,21). The van der Waals surface area contributed by atoms with Crippen LogP contribution in [0.15, 0.2) is 45.8 Å². The third-order valence-electron chi connectivity index (χ3n) is 3.10. The van der Waals surface area contributed by atoms with Gasteiger partial charge in [0.25, 0.3) is 5.56 Å². The van der Waals surface area contributed by atoms with Gasteiger partial charge < -0.3 is 19.4 Å². The third kappa shape index (κ3) is 4.86. The highest BCUT2D eigenvalue weighted by atomic mass is 79.9. The summed E-state index contributed by atoms with van der Waals surface area (Å²) in [5, 5.41) is 2.77. The van der Waals surface area contributed by atoms with Crippen molar-refractivity contribution >= 4 is 27.5 Å². The first-order valence-electron chi connectivity index (χ1n) is 7.59. The lowest BCUT2D eigenvalue weighted by molar-refractivity contribution is -0.116. The quantitative estimate of drug-likeness (QED) is 0.783. The first kappa shape index (κ1) is 18.1. The van der Waals surface area contributed by atoms with Crippen LogP contribution in [0.1, 0.15) is 13.8 Å². The first-order valence-corrected chi connectivity index (χ1v) is 8.38. The number of anilines is 1. The van der Waals surface area contributed by atoms with Crippen LogP contribution in [0.2, 0.25) is 0 Å². The minimum atomic E-state index is -0.329. The van der Waals surface area contributed by atoms with E-state index in [1.165, 1.54) is 10.6 Å². The number of ether oxygens (including phenoxy) is 2. The summed E-state index contributed by atoms with van der Waals surface area (Å²) in [5.41, 5.74) is 0.261. The number of nitrogens with zero attached hydrogens (tertiary/aromatic N) is 1. The summed E-state index contributed by atoms with van der Waals surface area (Å²) < 4.78 is 13.0. The van der Waals surface area contributed by atoms with Crippen LogP contribution < -0.4 is 20.3 Å². The Morgan fingerprint density at radius 1 is 1.17 bits per heavy atom. The molecule has 0 aliphatic rings. The Morgan fingerprint density at radius 3 is 2.62 bits per heavy atom. The van der Waals surface area contributed by atoms with Crippen LogP contribution in [0.5, 0.6) is 11.5 Å². The fourth-order valence-electron chi connectivity index (χ4n) is 2.11. The van der Waals surface area contributed by atoms with E-state index in [1.807, 2.05) is 13.8 Å². The summed E-state index contributed by atoms with van der Waals surface area (Å²) >= 11 is 3.28. The molecule has 1 N–H and O–H groups in total. The van der Waals surface area contributed by atoms with Crippen LogP contribution in [-0.4, -0.2) is 23.7 Å². The summed E-state index contributed by atoms with van der Waals surface area (Å²) in [6, 6.07) is 8.27. The van der Waals surface area contributed by atoms with Crippen molar-refractivity contribution < 1.29 is 14.3 Å². The number of carbonyl (C=O) groups is 1. The van der Waals surface area contributed by atoms with Crippen LogP contribution in [0, 0.1) is 0 Å². The fourth-order valence-corrected chi connectivity index (χ4v) is 2.49. The number of halogens is 1. The molecule has 0 aliphatic carbocycles. The number of aromatic nitrogens is 1. The number of hydrogen-bond acceptors (Lipinski definition) is 4. The maximum atomic E-state index is 12.3. The van der Waals surface area contributed by atoms with Gasteiger partial charge in [-0.2, -0.15) is 0 Å². The largest absolute Gasteiger partial charge is 0.494 e. The summed E-state index contributed by atoms with van der Waals surface area (Å²) in [6.07, 6.45) is 1.57. The first-order chi connectivity index (χ1) is 11.5. The Kier molecular flexibility index (Phi) is 6.43. The summed E-state index contributed by atoms with van der Waals surface area (Å²) in [6.45, 7) is 4.65. The van der Waals surface area contributed by atoms with E-state index in [-0.39, 0.29) is 18.0 Å². The van der Waals surface area contributed by atoms with Crippen molar-refractivity contribution in [3.05, 3.63) is 51.4 Å². The SMILES string of the molecule is CCOc1ccc(OCC)c(NC(=O)Cn2cc(Br)ccc2=O)c1. The van der Waals surface area contributed by atoms with Crippen molar-refractivity contribution in [2.45, 2.75) is 20.4 Å². The van der Waals surface area contributed by atoms with Crippen molar-refractivity contribution in [1.82, 2.24) is 4.57 Å². The smallest absolute Gasteiger partial charge is 0.251 e. The minimum Gasteiger partial charge on any atom is -0.494 e. The zero-order valence-electron chi connectivity index (χ0n) is 13.5. The van der Waals surface area contributed by atoms with Crippen molar-refractivity contribution in [2.75, 3.05) is 18.5 Å². The average Bonchev–Trinajstić information content (AvgIpc) is 2.54. The molecule has 1 heterocycles. The molecule has 6 nitrogen and oxygen atoms in total. The number of amides is 1. The van der Waals surface area contributed by atoms with E-state index in [2.05, 4.69) is 21.2 Å². The number of pyridine rings is 1. The Morgan fingerprint density at radius 2 is 1.92 bits per heavy atom. The Hall–Kier alpha value is -2.28. The predicted molar refractivity (Wildman–Crippen MR) is 95.8 cm³/mol. The Bertz CT molecular complexity index is 773. The second-order valence-corrected chi connectivity index (χ2v) is 5.80. The maximum absolute atomic E-state index is 12.3. The summed E-state index contributed by atoms with van der Waals surface area (Å²) in [4.78, 5) is 24.1. The van der Waals surface area contributed by atoms with Crippen molar-refractivity contribution in [2.24, 2.45) is 0 Å². The molecule has 2 rings (SSSR count).